The molecule has 1 aliphatic heterocycles. The van der Waals surface area contributed by atoms with E-state index in [4.69, 9.17) is 25.6 Å². The molecule has 124 valence electrons. The maximum atomic E-state index is 6.08. The second kappa shape index (κ2) is 7.40. The summed E-state index contributed by atoms with van der Waals surface area (Å²) in [5.41, 5.74) is 1.08. The highest BCUT2D eigenvalue weighted by atomic mass is 35.5. The number of benzene rings is 1. The fourth-order valence-electron chi connectivity index (χ4n) is 2.71. The summed E-state index contributed by atoms with van der Waals surface area (Å²) in [5.74, 6) is 1.16. The van der Waals surface area contributed by atoms with E-state index >= 15 is 0 Å². The molecule has 1 aliphatic rings. The molecule has 0 saturated carbocycles. The van der Waals surface area contributed by atoms with Gasteiger partial charge in [0, 0.05) is 25.2 Å². The van der Waals surface area contributed by atoms with Gasteiger partial charge in [-0.2, -0.15) is 4.98 Å². The Balaban J connectivity index is 1.69. The molecular weight excluding hydrogens is 318 g/mol. The smallest absolute Gasteiger partial charge is 0.243 e. The fraction of sp³-hybridized carbons (Fsp3) is 0.500. The lowest BCUT2D eigenvalue weighted by atomic mass is 10.1. The monoisotopic (exact) mass is 337 g/mol. The first-order chi connectivity index (χ1) is 11.2. The third kappa shape index (κ3) is 3.90. The molecule has 2 heterocycles. The summed E-state index contributed by atoms with van der Waals surface area (Å²) < 4.78 is 16.3. The number of halogens is 1. The molecule has 1 aromatic heterocycles. The molecule has 3 rings (SSSR count). The largest absolute Gasteiger partial charge is 0.377 e. The predicted octanol–water partition coefficient (Wildman–Crippen LogP) is 3.00. The van der Waals surface area contributed by atoms with Crippen LogP contribution >= 0.6 is 11.6 Å². The van der Waals surface area contributed by atoms with Crippen molar-refractivity contribution >= 4 is 11.6 Å². The van der Waals surface area contributed by atoms with Crippen molar-refractivity contribution in [3.8, 4) is 0 Å². The fourth-order valence-corrected chi connectivity index (χ4v) is 2.91. The lowest BCUT2D eigenvalue weighted by Crippen LogP contribution is -2.40. The van der Waals surface area contributed by atoms with Crippen molar-refractivity contribution in [3.63, 3.8) is 0 Å². The van der Waals surface area contributed by atoms with E-state index in [1.165, 1.54) is 0 Å². The molecule has 1 fully saturated rings. The number of hydrogen-bond acceptors (Lipinski definition) is 6. The zero-order chi connectivity index (χ0) is 16.2. The summed E-state index contributed by atoms with van der Waals surface area (Å²) in [7, 11) is 1.61. The third-order valence-electron chi connectivity index (χ3n) is 3.98. The maximum absolute atomic E-state index is 6.08. The van der Waals surface area contributed by atoms with Crippen LogP contribution in [-0.2, 0) is 16.1 Å². The summed E-state index contributed by atoms with van der Waals surface area (Å²) in [6.07, 6.45) is -0.00809. The van der Waals surface area contributed by atoms with Gasteiger partial charge in [0.05, 0.1) is 18.8 Å². The Morgan fingerprint density at radius 3 is 3.13 bits per heavy atom. The van der Waals surface area contributed by atoms with Crippen LogP contribution in [-0.4, -0.2) is 41.8 Å². The highest BCUT2D eigenvalue weighted by Gasteiger charge is 2.28. The van der Waals surface area contributed by atoms with Crippen LogP contribution in [0.5, 0.6) is 0 Å². The maximum Gasteiger partial charge on any atom is 0.243 e. The van der Waals surface area contributed by atoms with Gasteiger partial charge in [-0.15, -0.1) is 0 Å². The van der Waals surface area contributed by atoms with Gasteiger partial charge in [-0.25, -0.2) is 0 Å². The molecule has 2 atom stereocenters. The van der Waals surface area contributed by atoms with Crippen LogP contribution in [0.15, 0.2) is 28.8 Å². The molecule has 0 N–H and O–H groups in total. The molecule has 0 amide bonds. The van der Waals surface area contributed by atoms with E-state index in [0.29, 0.717) is 24.9 Å². The lowest BCUT2D eigenvalue weighted by molar-refractivity contribution is -0.0469. The molecule has 1 saturated heterocycles. The molecule has 0 radical (unpaired) electrons. The normalized spacial score (nSPS) is 20.6. The molecule has 23 heavy (non-hydrogen) atoms. The number of hydrogen-bond donors (Lipinski definition) is 0. The van der Waals surface area contributed by atoms with Crippen molar-refractivity contribution in [1.29, 1.82) is 0 Å². The van der Waals surface area contributed by atoms with Gasteiger partial charge in [0.2, 0.25) is 5.89 Å². The summed E-state index contributed by atoms with van der Waals surface area (Å²) in [6, 6.07) is 7.82. The van der Waals surface area contributed by atoms with Crippen LogP contribution in [0.4, 0.5) is 0 Å². The Bertz CT molecular complexity index is 649. The van der Waals surface area contributed by atoms with Crippen LogP contribution < -0.4 is 0 Å². The second-order valence-corrected chi connectivity index (χ2v) is 6.00. The van der Waals surface area contributed by atoms with Crippen molar-refractivity contribution in [2.24, 2.45) is 0 Å². The van der Waals surface area contributed by atoms with Crippen LogP contribution in [0.3, 0.4) is 0 Å². The standard InChI is InChI=1S/C16H20ClN3O3/c1-11(16-18-15(10-21-2)19-23-16)20-6-7-22-14(9-20)12-4-3-5-13(17)8-12/h3-5,8,11,14H,6-7,9-10H2,1-2H3/t11-,14+/m0/s1. The SMILES string of the molecule is COCc1noc([C@H](C)N2CCO[C@@H](c3cccc(Cl)c3)C2)n1. The van der Waals surface area contributed by atoms with E-state index in [1.807, 2.05) is 24.3 Å². The van der Waals surface area contributed by atoms with Gasteiger partial charge in [-0.3, -0.25) is 4.90 Å². The molecule has 7 heteroatoms. The van der Waals surface area contributed by atoms with Gasteiger partial charge in [0.15, 0.2) is 5.82 Å². The minimum Gasteiger partial charge on any atom is -0.377 e. The summed E-state index contributed by atoms with van der Waals surface area (Å²) in [6.45, 7) is 4.64. The first-order valence-corrected chi connectivity index (χ1v) is 7.97. The van der Waals surface area contributed by atoms with Gasteiger partial charge < -0.3 is 14.0 Å². The molecule has 6 nitrogen and oxygen atoms in total. The zero-order valence-electron chi connectivity index (χ0n) is 13.2. The number of nitrogens with zero attached hydrogens (tertiary/aromatic N) is 3. The zero-order valence-corrected chi connectivity index (χ0v) is 14.0. The van der Waals surface area contributed by atoms with Gasteiger partial charge >= 0.3 is 0 Å². The van der Waals surface area contributed by atoms with E-state index in [-0.39, 0.29) is 12.1 Å². The first-order valence-electron chi connectivity index (χ1n) is 7.60. The Morgan fingerprint density at radius 2 is 2.35 bits per heavy atom. The second-order valence-electron chi connectivity index (χ2n) is 5.57. The van der Waals surface area contributed by atoms with E-state index in [0.717, 1.165) is 23.7 Å². The average molecular weight is 338 g/mol. The number of aromatic nitrogens is 2. The lowest BCUT2D eigenvalue weighted by Gasteiger charge is -2.35. The van der Waals surface area contributed by atoms with Gasteiger partial charge in [-0.05, 0) is 24.6 Å². The molecule has 0 aliphatic carbocycles. The summed E-state index contributed by atoms with van der Waals surface area (Å²) >= 11 is 6.08. The van der Waals surface area contributed by atoms with Crippen LogP contribution in [0, 0.1) is 0 Å². The first kappa shape index (κ1) is 16.4. The molecule has 0 unspecified atom stereocenters. The summed E-state index contributed by atoms with van der Waals surface area (Å²) in [5, 5.41) is 4.64. The minimum absolute atomic E-state index is 0.00809. The van der Waals surface area contributed by atoms with Gasteiger partial charge in [0.25, 0.3) is 0 Å². The van der Waals surface area contributed by atoms with Crippen LogP contribution in [0.25, 0.3) is 0 Å². The van der Waals surface area contributed by atoms with E-state index < -0.39 is 0 Å². The Labute approximate surface area is 140 Å². The molecule has 2 aromatic rings. The Hall–Kier alpha value is -1.47. The van der Waals surface area contributed by atoms with Gasteiger partial charge in [-0.1, -0.05) is 28.9 Å². The van der Waals surface area contributed by atoms with Crippen molar-refractivity contribution in [3.05, 3.63) is 46.6 Å². The molecular formula is C16H20ClN3O3. The molecule has 1 aromatic carbocycles. The Morgan fingerprint density at radius 1 is 1.48 bits per heavy atom. The van der Waals surface area contributed by atoms with E-state index in [2.05, 4.69) is 22.0 Å². The topological polar surface area (TPSA) is 60.6 Å². The third-order valence-corrected chi connectivity index (χ3v) is 4.22. The summed E-state index contributed by atoms with van der Waals surface area (Å²) in [4.78, 5) is 6.66. The predicted molar refractivity (Wildman–Crippen MR) is 85.1 cm³/mol. The van der Waals surface area contributed by atoms with Crippen LogP contribution in [0.2, 0.25) is 5.02 Å². The quantitative estimate of drug-likeness (QED) is 0.835. The van der Waals surface area contributed by atoms with E-state index in [1.54, 1.807) is 7.11 Å². The molecule has 0 bridgehead atoms. The number of ether oxygens (including phenoxy) is 2. The van der Waals surface area contributed by atoms with E-state index in [9.17, 15) is 0 Å². The average Bonchev–Trinajstić information content (AvgIpc) is 3.03. The highest BCUT2D eigenvalue weighted by Crippen LogP contribution is 2.29. The number of rotatable bonds is 5. The highest BCUT2D eigenvalue weighted by molar-refractivity contribution is 6.30. The Kier molecular flexibility index (Phi) is 5.27. The number of morpholine rings is 1. The molecule has 0 spiro atoms. The minimum atomic E-state index is -0.00809. The number of methoxy groups -OCH3 is 1. The van der Waals surface area contributed by atoms with Crippen molar-refractivity contribution in [2.75, 3.05) is 26.8 Å². The van der Waals surface area contributed by atoms with Crippen molar-refractivity contribution in [2.45, 2.75) is 25.7 Å². The van der Waals surface area contributed by atoms with Crippen LogP contribution in [0.1, 0.15) is 36.3 Å². The van der Waals surface area contributed by atoms with Crippen molar-refractivity contribution < 1.29 is 14.0 Å². The van der Waals surface area contributed by atoms with Gasteiger partial charge in [0.1, 0.15) is 6.61 Å². The van der Waals surface area contributed by atoms with Crippen molar-refractivity contribution in [1.82, 2.24) is 15.0 Å².